The van der Waals surface area contributed by atoms with E-state index < -0.39 is 5.41 Å². The van der Waals surface area contributed by atoms with Crippen molar-refractivity contribution in [3.63, 3.8) is 0 Å². The zero-order valence-corrected chi connectivity index (χ0v) is 15.8. The maximum Gasteiger partial charge on any atom is 0.228 e. The molecule has 1 aromatic carbocycles. The van der Waals surface area contributed by atoms with Crippen LogP contribution in [0.5, 0.6) is 5.88 Å². The number of aromatic nitrogens is 1. The monoisotopic (exact) mass is 392 g/mol. The minimum absolute atomic E-state index is 0.0349. The van der Waals surface area contributed by atoms with E-state index in [1.165, 1.54) is 7.11 Å². The number of ether oxygens (including phenoxy) is 1. The van der Waals surface area contributed by atoms with Gasteiger partial charge in [-0.15, -0.1) is 0 Å². The number of rotatable bonds is 5. The molecule has 1 unspecified atom stereocenters. The molecule has 2 heterocycles. The number of hydrogen-bond acceptors (Lipinski definition) is 4. The molecule has 1 aromatic heterocycles. The third-order valence-corrected chi connectivity index (χ3v) is 5.52. The number of piperidine rings is 1. The molecular weight excluding hydrogens is 375 g/mol. The number of methoxy groups -OCH3 is 1. The van der Waals surface area contributed by atoms with E-state index in [4.69, 9.17) is 27.9 Å². The lowest BCUT2D eigenvalue weighted by molar-refractivity contribution is -0.121. The second-order valence-corrected chi connectivity index (χ2v) is 7.11. The van der Waals surface area contributed by atoms with E-state index in [0.717, 1.165) is 11.8 Å². The molecule has 0 saturated carbocycles. The Balaban J connectivity index is 2.02. The number of hydrogen-bond donors (Lipinski definition) is 0. The van der Waals surface area contributed by atoms with Gasteiger partial charge in [0.25, 0.3) is 0 Å². The fourth-order valence-corrected chi connectivity index (χ4v) is 3.63. The van der Waals surface area contributed by atoms with Gasteiger partial charge in [0.05, 0.1) is 17.2 Å². The second kappa shape index (κ2) is 7.64. The van der Waals surface area contributed by atoms with Crippen LogP contribution in [0.2, 0.25) is 10.0 Å². The summed E-state index contributed by atoms with van der Waals surface area (Å²) in [4.78, 5) is 30.0. The Morgan fingerprint density at radius 2 is 2.08 bits per heavy atom. The fraction of sp³-hybridized carbons (Fsp3) is 0.316. The average Bonchev–Trinajstić information content (AvgIpc) is 2.66. The molecule has 1 fully saturated rings. The predicted molar refractivity (Wildman–Crippen MR) is 101 cm³/mol. The van der Waals surface area contributed by atoms with Crippen molar-refractivity contribution in [1.29, 1.82) is 0 Å². The van der Waals surface area contributed by atoms with Crippen LogP contribution in [0.25, 0.3) is 0 Å². The summed E-state index contributed by atoms with van der Waals surface area (Å²) in [5, 5.41) is 0.882. The van der Waals surface area contributed by atoms with Crippen LogP contribution in [0.4, 0.5) is 5.82 Å². The summed E-state index contributed by atoms with van der Waals surface area (Å²) >= 11 is 12.2. The summed E-state index contributed by atoms with van der Waals surface area (Å²) < 4.78 is 5.16. The van der Waals surface area contributed by atoms with Crippen molar-refractivity contribution in [3.05, 3.63) is 52.0 Å². The Morgan fingerprint density at radius 1 is 1.27 bits per heavy atom. The predicted octanol–water partition coefficient (Wildman–Crippen LogP) is 4.05. The molecule has 0 aliphatic carbocycles. The van der Waals surface area contributed by atoms with Gasteiger partial charge in [0.2, 0.25) is 11.8 Å². The van der Waals surface area contributed by atoms with Crippen molar-refractivity contribution in [2.45, 2.75) is 24.7 Å². The van der Waals surface area contributed by atoms with E-state index in [0.29, 0.717) is 41.1 Å². The molecular formula is C19H18Cl2N2O3. The van der Waals surface area contributed by atoms with Crippen molar-refractivity contribution in [2.75, 3.05) is 18.6 Å². The van der Waals surface area contributed by atoms with E-state index in [1.54, 1.807) is 35.2 Å². The first-order valence-corrected chi connectivity index (χ1v) is 8.95. The van der Waals surface area contributed by atoms with Crippen LogP contribution in [-0.4, -0.2) is 30.8 Å². The number of benzene rings is 1. The smallest absolute Gasteiger partial charge is 0.228 e. The van der Waals surface area contributed by atoms with Gasteiger partial charge in [-0.2, -0.15) is 4.98 Å². The van der Waals surface area contributed by atoms with Gasteiger partial charge in [0.1, 0.15) is 12.1 Å². The molecule has 0 radical (unpaired) electrons. The summed E-state index contributed by atoms with van der Waals surface area (Å²) in [7, 11) is 1.52. The largest absolute Gasteiger partial charge is 0.481 e. The van der Waals surface area contributed by atoms with Crippen LogP contribution in [0, 0.1) is 0 Å². The van der Waals surface area contributed by atoms with Gasteiger partial charge in [-0.25, -0.2) is 0 Å². The second-order valence-electron chi connectivity index (χ2n) is 6.30. The molecule has 7 heteroatoms. The van der Waals surface area contributed by atoms with Crippen molar-refractivity contribution >= 4 is 41.2 Å². The van der Waals surface area contributed by atoms with Crippen LogP contribution in [0.15, 0.2) is 36.4 Å². The van der Waals surface area contributed by atoms with E-state index in [9.17, 15) is 9.59 Å². The lowest BCUT2D eigenvalue weighted by Crippen LogP contribution is -2.49. The Kier molecular flexibility index (Phi) is 5.49. The van der Waals surface area contributed by atoms with Crippen LogP contribution < -0.4 is 9.64 Å². The van der Waals surface area contributed by atoms with Gasteiger partial charge in [-0.1, -0.05) is 35.3 Å². The van der Waals surface area contributed by atoms with Crippen LogP contribution in [0.1, 0.15) is 24.8 Å². The molecule has 1 aliphatic heterocycles. The van der Waals surface area contributed by atoms with Crippen LogP contribution in [-0.2, 0) is 15.0 Å². The number of halogens is 2. The first-order valence-electron chi connectivity index (χ1n) is 8.20. The molecule has 1 aliphatic rings. The van der Waals surface area contributed by atoms with Crippen LogP contribution >= 0.6 is 23.2 Å². The molecule has 0 spiro atoms. The topological polar surface area (TPSA) is 59.5 Å². The zero-order valence-electron chi connectivity index (χ0n) is 14.2. The highest BCUT2D eigenvalue weighted by molar-refractivity contribution is 6.42. The number of carbonyl (C=O) groups is 2. The van der Waals surface area contributed by atoms with Gasteiger partial charge in [0.15, 0.2) is 0 Å². The Morgan fingerprint density at radius 3 is 2.77 bits per heavy atom. The molecule has 136 valence electrons. The maximum atomic E-state index is 12.5. The first-order chi connectivity index (χ1) is 12.5. The standard InChI is InChI=1S/C19H18Cl2N2O3/c1-26-17-4-2-3-16(22-17)23-12-19(9-10-24,8-7-18(23)25)13-5-6-14(20)15(21)11-13/h2-6,10-11H,7-9,12H2,1H3. The third-order valence-electron chi connectivity index (χ3n) is 4.78. The summed E-state index contributed by atoms with van der Waals surface area (Å²) in [6.07, 6.45) is 2.03. The molecule has 0 bridgehead atoms. The van der Waals surface area contributed by atoms with E-state index in [2.05, 4.69) is 4.98 Å². The summed E-state index contributed by atoms with van der Waals surface area (Å²) in [5.41, 5.74) is 0.355. The normalized spacial score (nSPS) is 20.1. The van der Waals surface area contributed by atoms with Crippen molar-refractivity contribution in [2.24, 2.45) is 0 Å². The quantitative estimate of drug-likeness (QED) is 0.720. The Hall–Kier alpha value is -2.11. The first kappa shape index (κ1) is 18.7. The summed E-state index contributed by atoms with van der Waals surface area (Å²) in [5.74, 6) is 0.896. The molecule has 1 saturated heterocycles. The zero-order chi connectivity index (χ0) is 18.7. The Bertz CT molecular complexity index is 843. The van der Waals surface area contributed by atoms with Gasteiger partial charge >= 0.3 is 0 Å². The molecule has 26 heavy (non-hydrogen) atoms. The number of nitrogens with zero attached hydrogens (tertiary/aromatic N) is 2. The van der Waals surface area contributed by atoms with Crippen molar-refractivity contribution < 1.29 is 14.3 Å². The van der Waals surface area contributed by atoms with Gasteiger partial charge < -0.3 is 9.53 Å². The molecule has 1 atom stereocenters. The van der Waals surface area contributed by atoms with Crippen LogP contribution in [0.3, 0.4) is 0 Å². The molecule has 1 amide bonds. The average molecular weight is 393 g/mol. The van der Waals surface area contributed by atoms with Gasteiger partial charge in [-0.3, -0.25) is 9.69 Å². The number of amides is 1. The SMILES string of the molecule is COc1cccc(N2CC(CC=O)(c3ccc(Cl)c(Cl)c3)CCC2=O)n1. The highest BCUT2D eigenvalue weighted by atomic mass is 35.5. The van der Waals surface area contributed by atoms with E-state index in [1.807, 2.05) is 6.07 Å². The highest BCUT2D eigenvalue weighted by Crippen LogP contribution is 2.40. The number of anilines is 1. The van der Waals surface area contributed by atoms with Crippen molar-refractivity contribution in [1.82, 2.24) is 4.98 Å². The lowest BCUT2D eigenvalue weighted by atomic mass is 9.72. The minimum Gasteiger partial charge on any atom is -0.481 e. The summed E-state index contributed by atoms with van der Waals surface area (Å²) in [6, 6.07) is 10.6. The fourth-order valence-electron chi connectivity index (χ4n) is 3.33. The van der Waals surface area contributed by atoms with Crippen molar-refractivity contribution in [3.8, 4) is 5.88 Å². The highest BCUT2D eigenvalue weighted by Gasteiger charge is 2.41. The molecule has 5 nitrogen and oxygen atoms in total. The molecule has 0 N–H and O–H groups in total. The van der Waals surface area contributed by atoms with E-state index in [-0.39, 0.29) is 12.3 Å². The number of pyridine rings is 1. The summed E-state index contributed by atoms with van der Waals surface area (Å²) in [6.45, 7) is 0.336. The van der Waals surface area contributed by atoms with Gasteiger partial charge in [-0.05, 0) is 30.2 Å². The lowest BCUT2D eigenvalue weighted by Gasteiger charge is -2.42. The number of aldehydes is 1. The molecule has 3 rings (SSSR count). The van der Waals surface area contributed by atoms with E-state index >= 15 is 0 Å². The number of carbonyl (C=O) groups excluding carboxylic acids is 2. The minimum atomic E-state index is -0.533. The molecule has 2 aromatic rings. The Labute approximate surface area is 161 Å². The van der Waals surface area contributed by atoms with Gasteiger partial charge in [0, 0.05) is 30.9 Å². The maximum absolute atomic E-state index is 12.5. The third kappa shape index (κ3) is 3.55.